The molecule has 0 aromatic heterocycles. The summed E-state index contributed by atoms with van der Waals surface area (Å²) in [4.78, 5) is 2.46. The van der Waals surface area contributed by atoms with Gasteiger partial charge >= 0.3 is 0 Å². The van der Waals surface area contributed by atoms with Crippen molar-refractivity contribution >= 4 is 0 Å². The molecule has 2 aromatic rings. The van der Waals surface area contributed by atoms with Crippen molar-refractivity contribution in [2.45, 2.75) is 32.0 Å². The van der Waals surface area contributed by atoms with Crippen LogP contribution in [0.2, 0.25) is 0 Å². The molecule has 0 saturated carbocycles. The summed E-state index contributed by atoms with van der Waals surface area (Å²) in [7, 11) is 0. The van der Waals surface area contributed by atoms with E-state index in [9.17, 15) is 0 Å². The average molecular weight is 266 g/mol. The first-order valence-electron chi connectivity index (χ1n) is 7.40. The lowest BCUT2D eigenvalue weighted by atomic mass is 10.1. The van der Waals surface area contributed by atoms with Gasteiger partial charge in [-0.25, -0.2) is 0 Å². The molecule has 20 heavy (non-hydrogen) atoms. The van der Waals surface area contributed by atoms with Crippen LogP contribution in [-0.4, -0.2) is 17.5 Å². The Morgan fingerprint density at radius 2 is 1.50 bits per heavy atom. The second-order valence-corrected chi connectivity index (χ2v) is 5.72. The van der Waals surface area contributed by atoms with Gasteiger partial charge in [-0.1, -0.05) is 54.6 Å². The van der Waals surface area contributed by atoms with Crippen LogP contribution < -0.4 is 5.73 Å². The topological polar surface area (TPSA) is 29.3 Å². The third-order valence-corrected chi connectivity index (χ3v) is 4.05. The molecule has 0 saturated heterocycles. The summed E-state index contributed by atoms with van der Waals surface area (Å²) in [5.41, 5.74) is 10.6. The highest BCUT2D eigenvalue weighted by Gasteiger charge is 2.19. The van der Waals surface area contributed by atoms with Crippen molar-refractivity contribution in [1.82, 2.24) is 4.90 Å². The molecule has 0 aliphatic carbocycles. The molecule has 2 nitrogen and oxygen atoms in total. The van der Waals surface area contributed by atoms with Crippen LogP contribution in [0.1, 0.15) is 23.1 Å². The van der Waals surface area contributed by atoms with Crippen LogP contribution in [0.5, 0.6) is 0 Å². The Morgan fingerprint density at radius 3 is 2.15 bits per heavy atom. The fourth-order valence-corrected chi connectivity index (χ4v) is 2.95. The highest BCUT2D eigenvalue weighted by Crippen LogP contribution is 2.22. The van der Waals surface area contributed by atoms with E-state index in [0.717, 1.165) is 32.5 Å². The van der Waals surface area contributed by atoms with Gasteiger partial charge in [0.15, 0.2) is 0 Å². The lowest BCUT2D eigenvalue weighted by Gasteiger charge is -2.20. The number of rotatable bonds is 5. The Hall–Kier alpha value is -1.64. The minimum atomic E-state index is 0.254. The first kappa shape index (κ1) is 13.3. The third kappa shape index (κ3) is 3.27. The lowest BCUT2D eigenvalue weighted by Crippen LogP contribution is -2.35. The number of benzene rings is 2. The van der Waals surface area contributed by atoms with Crippen LogP contribution in [0.3, 0.4) is 0 Å². The van der Waals surface area contributed by atoms with Gasteiger partial charge in [-0.3, -0.25) is 4.90 Å². The van der Waals surface area contributed by atoms with Crippen LogP contribution in [0, 0.1) is 0 Å². The molecule has 2 N–H and O–H groups in total. The number of aryl methyl sites for hydroxylation is 1. The molecule has 0 bridgehead atoms. The van der Waals surface area contributed by atoms with Crippen LogP contribution in [-0.2, 0) is 19.5 Å². The van der Waals surface area contributed by atoms with E-state index in [-0.39, 0.29) is 6.04 Å². The summed E-state index contributed by atoms with van der Waals surface area (Å²) < 4.78 is 0. The Morgan fingerprint density at radius 1 is 0.900 bits per heavy atom. The van der Waals surface area contributed by atoms with Crippen molar-refractivity contribution in [3.05, 3.63) is 71.3 Å². The van der Waals surface area contributed by atoms with E-state index in [1.54, 1.807) is 0 Å². The quantitative estimate of drug-likeness (QED) is 0.901. The second-order valence-electron chi connectivity index (χ2n) is 5.72. The molecular weight excluding hydrogens is 244 g/mol. The van der Waals surface area contributed by atoms with Crippen LogP contribution in [0.4, 0.5) is 0 Å². The maximum absolute atomic E-state index is 6.29. The standard InChI is InChI=1S/C18H22N2/c19-18(11-10-15-6-2-1-3-7-15)14-20-12-16-8-4-5-9-17(16)13-20/h1-9,18H,10-14,19H2. The van der Waals surface area contributed by atoms with E-state index >= 15 is 0 Å². The van der Waals surface area contributed by atoms with Crippen molar-refractivity contribution in [1.29, 1.82) is 0 Å². The largest absolute Gasteiger partial charge is 0.327 e. The zero-order valence-electron chi connectivity index (χ0n) is 11.8. The number of nitrogens with zero attached hydrogens (tertiary/aromatic N) is 1. The molecule has 0 amide bonds. The van der Waals surface area contributed by atoms with Gasteiger partial charge in [-0.2, -0.15) is 0 Å². The predicted molar refractivity (Wildman–Crippen MR) is 83.3 cm³/mol. The van der Waals surface area contributed by atoms with E-state index in [2.05, 4.69) is 59.5 Å². The van der Waals surface area contributed by atoms with Gasteiger partial charge in [0.2, 0.25) is 0 Å². The van der Waals surface area contributed by atoms with Gasteiger partial charge in [0.05, 0.1) is 0 Å². The molecule has 1 unspecified atom stereocenters. The molecule has 1 heterocycles. The molecule has 0 radical (unpaired) electrons. The maximum Gasteiger partial charge on any atom is 0.0241 e. The van der Waals surface area contributed by atoms with Crippen molar-refractivity contribution < 1.29 is 0 Å². The third-order valence-electron chi connectivity index (χ3n) is 4.05. The molecule has 104 valence electrons. The van der Waals surface area contributed by atoms with Crippen LogP contribution >= 0.6 is 0 Å². The molecule has 1 aliphatic heterocycles. The van der Waals surface area contributed by atoms with E-state index in [4.69, 9.17) is 5.73 Å². The average Bonchev–Trinajstić information content (AvgIpc) is 2.88. The zero-order chi connectivity index (χ0) is 13.8. The molecule has 0 spiro atoms. The highest BCUT2D eigenvalue weighted by atomic mass is 15.1. The van der Waals surface area contributed by atoms with Gasteiger partial charge in [-0.05, 0) is 29.5 Å². The summed E-state index contributed by atoms with van der Waals surface area (Å²) in [5.74, 6) is 0. The molecule has 0 fully saturated rings. The molecule has 3 rings (SSSR count). The monoisotopic (exact) mass is 266 g/mol. The SMILES string of the molecule is NC(CCc1ccccc1)CN1Cc2ccccc2C1. The number of fused-ring (bicyclic) bond motifs is 1. The summed E-state index contributed by atoms with van der Waals surface area (Å²) in [6, 6.07) is 19.6. The van der Waals surface area contributed by atoms with E-state index in [1.165, 1.54) is 16.7 Å². The summed E-state index contributed by atoms with van der Waals surface area (Å²) >= 11 is 0. The second kappa shape index (κ2) is 6.21. The minimum absolute atomic E-state index is 0.254. The van der Waals surface area contributed by atoms with Crippen molar-refractivity contribution in [2.75, 3.05) is 6.54 Å². The van der Waals surface area contributed by atoms with Crippen molar-refractivity contribution in [3.8, 4) is 0 Å². The minimum Gasteiger partial charge on any atom is -0.327 e. The number of nitrogens with two attached hydrogens (primary N) is 1. The normalized spacial score (nSPS) is 16.1. The summed E-state index contributed by atoms with van der Waals surface area (Å²) in [6.45, 7) is 3.09. The fraction of sp³-hybridized carbons (Fsp3) is 0.333. The summed E-state index contributed by atoms with van der Waals surface area (Å²) in [6.07, 6.45) is 2.12. The Bertz CT molecular complexity index is 525. The van der Waals surface area contributed by atoms with Gasteiger partial charge < -0.3 is 5.73 Å². The van der Waals surface area contributed by atoms with Crippen LogP contribution in [0.25, 0.3) is 0 Å². The molecule has 1 aliphatic rings. The van der Waals surface area contributed by atoms with Gasteiger partial charge in [0, 0.05) is 25.7 Å². The zero-order valence-corrected chi connectivity index (χ0v) is 11.8. The maximum atomic E-state index is 6.29. The van der Waals surface area contributed by atoms with Gasteiger partial charge in [-0.15, -0.1) is 0 Å². The molecule has 2 heteroatoms. The lowest BCUT2D eigenvalue weighted by molar-refractivity contribution is 0.260. The fourth-order valence-electron chi connectivity index (χ4n) is 2.95. The smallest absolute Gasteiger partial charge is 0.0241 e. The number of hydrogen-bond donors (Lipinski definition) is 1. The van der Waals surface area contributed by atoms with Gasteiger partial charge in [0.25, 0.3) is 0 Å². The van der Waals surface area contributed by atoms with Crippen LogP contribution in [0.15, 0.2) is 54.6 Å². The first-order valence-corrected chi connectivity index (χ1v) is 7.40. The van der Waals surface area contributed by atoms with Gasteiger partial charge in [0.1, 0.15) is 0 Å². The predicted octanol–water partition coefficient (Wildman–Crippen LogP) is 2.96. The first-order chi connectivity index (χ1) is 9.81. The Labute approximate surface area is 121 Å². The molecule has 1 atom stereocenters. The van der Waals surface area contributed by atoms with E-state index < -0.39 is 0 Å². The molecule has 2 aromatic carbocycles. The van der Waals surface area contributed by atoms with E-state index in [0.29, 0.717) is 0 Å². The number of hydrogen-bond acceptors (Lipinski definition) is 2. The molecular formula is C18H22N2. The Balaban J connectivity index is 1.47. The highest BCUT2D eigenvalue weighted by molar-refractivity contribution is 5.30. The van der Waals surface area contributed by atoms with Crippen molar-refractivity contribution in [3.63, 3.8) is 0 Å². The van der Waals surface area contributed by atoms with Crippen molar-refractivity contribution in [2.24, 2.45) is 5.73 Å². The van der Waals surface area contributed by atoms with E-state index in [1.807, 2.05) is 0 Å². The summed E-state index contributed by atoms with van der Waals surface area (Å²) in [5, 5.41) is 0. The Kier molecular flexibility index (Phi) is 4.14.